The van der Waals surface area contributed by atoms with Crippen LogP contribution in [-0.4, -0.2) is 48.3 Å². The first-order chi connectivity index (χ1) is 15.9. The van der Waals surface area contributed by atoms with Crippen molar-refractivity contribution in [3.05, 3.63) is 42.0 Å². The number of para-hydroxylation sites is 2. The molecule has 0 aliphatic rings. The molecule has 0 atom stereocenters. The summed E-state index contributed by atoms with van der Waals surface area (Å²) in [6, 6.07) is 11.0. The highest BCUT2D eigenvalue weighted by atomic mass is 16.5. The van der Waals surface area contributed by atoms with Crippen LogP contribution < -0.4 is 25.3 Å². The van der Waals surface area contributed by atoms with Crippen LogP contribution in [-0.2, 0) is 0 Å². The fourth-order valence-electron chi connectivity index (χ4n) is 3.73. The van der Waals surface area contributed by atoms with Gasteiger partial charge in [0.05, 0.1) is 38.1 Å². The zero-order chi connectivity index (χ0) is 23.7. The summed E-state index contributed by atoms with van der Waals surface area (Å²) in [4.78, 5) is 22.7. The molecule has 0 radical (unpaired) electrons. The van der Waals surface area contributed by atoms with Gasteiger partial charge in [0.15, 0.2) is 17.1 Å². The van der Waals surface area contributed by atoms with E-state index in [9.17, 15) is 4.79 Å². The van der Waals surface area contributed by atoms with E-state index in [4.69, 9.17) is 29.9 Å². The van der Waals surface area contributed by atoms with Crippen molar-refractivity contribution in [2.24, 2.45) is 5.92 Å². The lowest BCUT2D eigenvalue weighted by Crippen LogP contribution is -2.28. The van der Waals surface area contributed by atoms with Gasteiger partial charge >= 0.3 is 0 Å². The lowest BCUT2D eigenvalue weighted by atomic mass is 10.2. The second kappa shape index (κ2) is 8.85. The second-order valence-electron chi connectivity index (χ2n) is 7.97. The number of fused-ring (bicyclic) bond motifs is 2. The maximum Gasteiger partial charge on any atom is 0.257 e. The minimum absolute atomic E-state index is 0.218. The molecule has 0 spiro atoms. The summed E-state index contributed by atoms with van der Waals surface area (Å²) in [6.07, 6.45) is 0. The Morgan fingerprint density at radius 1 is 1.03 bits per heavy atom. The maximum absolute atomic E-state index is 13.2. The minimum Gasteiger partial charge on any atom is -0.493 e. The number of nitrogens with zero attached hydrogens (tertiary/aromatic N) is 3. The Balaban J connectivity index is 2.03. The minimum atomic E-state index is -0.304. The number of anilines is 1. The van der Waals surface area contributed by atoms with E-state index >= 15 is 0 Å². The number of aromatic nitrogens is 3. The molecule has 9 nitrogen and oxygen atoms in total. The van der Waals surface area contributed by atoms with Gasteiger partial charge in [-0.1, -0.05) is 26.0 Å². The Labute approximate surface area is 191 Å². The maximum atomic E-state index is 13.2. The highest BCUT2D eigenvalue weighted by molar-refractivity contribution is 6.11. The standard InChI is InChI=1S/C24H27N5O4/c1-13(2)12-26-24(30)19-20-23(28-16-9-7-6-8-15(16)27-20)29(22(19)25)14-10-17(31-3)21(33-5)18(11-14)32-4/h6-11,13H,12,25H2,1-5H3,(H,26,30). The van der Waals surface area contributed by atoms with Crippen LogP contribution in [0.15, 0.2) is 36.4 Å². The lowest BCUT2D eigenvalue weighted by molar-refractivity contribution is 0.0951. The third kappa shape index (κ3) is 3.86. The molecule has 3 N–H and O–H groups in total. The Morgan fingerprint density at radius 2 is 1.64 bits per heavy atom. The molecular weight excluding hydrogens is 422 g/mol. The van der Waals surface area contributed by atoms with Gasteiger partial charge < -0.3 is 25.3 Å². The first-order valence-electron chi connectivity index (χ1n) is 10.5. The van der Waals surface area contributed by atoms with E-state index in [1.54, 1.807) is 16.7 Å². The molecule has 0 fully saturated rings. The Kier molecular flexibility index (Phi) is 5.95. The third-order valence-corrected chi connectivity index (χ3v) is 5.30. The number of ether oxygens (including phenoxy) is 3. The third-order valence-electron chi connectivity index (χ3n) is 5.30. The normalized spacial score (nSPS) is 11.2. The summed E-state index contributed by atoms with van der Waals surface area (Å²) >= 11 is 0. The van der Waals surface area contributed by atoms with Crippen molar-refractivity contribution >= 4 is 33.9 Å². The fraction of sp³-hybridized carbons (Fsp3) is 0.292. The first kappa shape index (κ1) is 22.2. The molecule has 0 unspecified atom stereocenters. The highest BCUT2D eigenvalue weighted by Crippen LogP contribution is 2.41. The van der Waals surface area contributed by atoms with Crippen molar-refractivity contribution in [3.63, 3.8) is 0 Å². The van der Waals surface area contributed by atoms with Gasteiger partial charge in [0.2, 0.25) is 5.75 Å². The average Bonchev–Trinajstić information content (AvgIpc) is 3.10. The van der Waals surface area contributed by atoms with E-state index in [2.05, 4.69) is 5.32 Å². The molecule has 0 saturated carbocycles. The van der Waals surface area contributed by atoms with E-state index in [1.165, 1.54) is 21.3 Å². The molecule has 0 aliphatic carbocycles. The number of benzene rings is 2. The average molecular weight is 450 g/mol. The van der Waals surface area contributed by atoms with Crippen molar-refractivity contribution in [2.45, 2.75) is 13.8 Å². The van der Waals surface area contributed by atoms with Crippen LogP contribution in [0.5, 0.6) is 17.2 Å². The molecule has 33 heavy (non-hydrogen) atoms. The molecule has 2 heterocycles. The number of hydrogen-bond acceptors (Lipinski definition) is 7. The summed E-state index contributed by atoms with van der Waals surface area (Å²) in [5, 5.41) is 2.94. The van der Waals surface area contributed by atoms with Crippen molar-refractivity contribution in [1.29, 1.82) is 0 Å². The highest BCUT2D eigenvalue weighted by Gasteiger charge is 2.26. The number of hydrogen-bond donors (Lipinski definition) is 2. The van der Waals surface area contributed by atoms with Crippen LogP contribution in [0.2, 0.25) is 0 Å². The number of carbonyl (C=O) groups excluding carboxylic acids is 1. The molecule has 0 bridgehead atoms. The molecule has 9 heteroatoms. The quantitative estimate of drug-likeness (QED) is 0.443. The van der Waals surface area contributed by atoms with Crippen LogP contribution in [0.25, 0.3) is 27.9 Å². The molecule has 0 saturated heterocycles. The van der Waals surface area contributed by atoms with Crippen LogP contribution in [0.1, 0.15) is 24.2 Å². The predicted molar refractivity (Wildman–Crippen MR) is 128 cm³/mol. The van der Waals surface area contributed by atoms with Gasteiger partial charge in [-0.2, -0.15) is 0 Å². The van der Waals surface area contributed by atoms with Gasteiger partial charge in [-0.25, -0.2) is 9.97 Å². The first-order valence-corrected chi connectivity index (χ1v) is 10.5. The molecule has 0 aliphatic heterocycles. The molecular formula is C24H27N5O4. The summed E-state index contributed by atoms with van der Waals surface area (Å²) in [5.41, 5.74) is 9.68. The zero-order valence-electron chi connectivity index (χ0n) is 19.3. The number of nitrogen functional groups attached to an aromatic ring is 1. The number of methoxy groups -OCH3 is 3. The van der Waals surface area contributed by atoms with Crippen molar-refractivity contribution < 1.29 is 19.0 Å². The number of amides is 1. The monoisotopic (exact) mass is 449 g/mol. The van der Waals surface area contributed by atoms with E-state index in [1.807, 2.05) is 38.1 Å². The number of carbonyl (C=O) groups is 1. The van der Waals surface area contributed by atoms with Gasteiger partial charge in [-0.05, 0) is 18.1 Å². The van der Waals surface area contributed by atoms with Crippen molar-refractivity contribution in [1.82, 2.24) is 19.9 Å². The van der Waals surface area contributed by atoms with Crippen LogP contribution in [0.4, 0.5) is 5.82 Å². The summed E-state index contributed by atoms with van der Waals surface area (Å²) < 4.78 is 18.1. The number of rotatable bonds is 7. The largest absolute Gasteiger partial charge is 0.493 e. The molecule has 4 rings (SSSR count). The number of nitrogens with two attached hydrogens (primary N) is 1. The van der Waals surface area contributed by atoms with E-state index in [-0.39, 0.29) is 23.2 Å². The van der Waals surface area contributed by atoms with Gasteiger partial charge in [0.25, 0.3) is 5.91 Å². The van der Waals surface area contributed by atoms with E-state index < -0.39 is 0 Å². The van der Waals surface area contributed by atoms with Crippen molar-refractivity contribution in [3.8, 4) is 22.9 Å². The van der Waals surface area contributed by atoms with Crippen LogP contribution in [0.3, 0.4) is 0 Å². The van der Waals surface area contributed by atoms with Gasteiger partial charge in [0.1, 0.15) is 16.9 Å². The molecule has 2 aromatic carbocycles. The number of nitrogens with one attached hydrogen (secondary N) is 1. The summed E-state index contributed by atoms with van der Waals surface area (Å²) in [7, 11) is 4.61. The lowest BCUT2D eigenvalue weighted by Gasteiger charge is -2.16. The molecule has 4 aromatic rings. The summed E-state index contributed by atoms with van der Waals surface area (Å²) in [6.45, 7) is 4.56. The predicted octanol–water partition coefficient (Wildman–Crippen LogP) is 3.57. The van der Waals surface area contributed by atoms with Gasteiger partial charge in [-0.3, -0.25) is 9.36 Å². The van der Waals surface area contributed by atoms with Crippen LogP contribution in [0, 0.1) is 5.92 Å². The van der Waals surface area contributed by atoms with E-state index in [0.717, 1.165) is 0 Å². The fourth-order valence-corrected chi connectivity index (χ4v) is 3.73. The van der Waals surface area contributed by atoms with Crippen LogP contribution >= 0.6 is 0 Å². The van der Waals surface area contributed by atoms with E-state index in [0.29, 0.717) is 51.7 Å². The zero-order valence-corrected chi connectivity index (χ0v) is 19.3. The van der Waals surface area contributed by atoms with Gasteiger partial charge in [-0.15, -0.1) is 0 Å². The Bertz CT molecular complexity index is 1320. The Morgan fingerprint density at radius 3 is 2.18 bits per heavy atom. The van der Waals surface area contributed by atoms with Crippen molar-refractivity contribution in [2.75, 3.05) is 33.6 Å². The molecule has 1 amide bonds. The topological polar surface area (TPSA) is 114 Å². The second-order valence-corrected chi connectivity index (χ2v) is 7.97. The summed E-state index contributed by atoms with van der Waals surface area (Å²) in [5.74, 6) is 1.55. The molecule has 2 aromatic heterocycles. The van der Waals surface area contributed by atoms with Gasteiger partial charge in [0, 0.05) is 18.7 Å². The Hall–Kier alpha value is -4.01. The SMILES string of the molecule is COc1cc(-n2c(N)c(C(=O)NCC(C)C)c3nc4ccccc4nc32)cc(OC)c1OC. The molecule has 172 valence electrons. The smallest absolute Gasteiger partial charge is 0.257 e.